The summed E-state index contributed by atoms with van der Waals surface area (Å²) < 4.78 is 11.6. The van der Waals surface area contributed by atoms with Crippen LogP contribution in [0.3, 0.4) is 0 Å². The number of ether oxygens (including phenoxy) is 2. The number of hydrogen-bond donors (Lipinski definition) is 2. The van der Waals surface area contributed by atoms with Crippen LogP contribution < -0.4 is 9.47 Å². The number of aromatic hydroxyl groups is 2. The average Bonchev–Trinajstić information content (AvgIpc) is 2.74. The third kappa shape index (κ3) is 3.66. The summed E-state index contributed by atoms with van der Waals surface area (Å²) in [5.74, 6) is 1.98. The Kier molecular flexibility index (Phi) is 4.29. The average molecular weight is 396 g/mol. The quantitative estimate of drug-likeness (QED) is 0.401. The first-order valence-electron chi connectivity index (χ1n) is 9.27. The van der Waals surface area contributed by atoms with E-state index in [0.717, 1.165) is 21.5 Å². The second-order valence-electron chi connectivity index (χ2n) is 6.77. The van der Waals surface area contributed by atoms with Crippen LogP contribution in [0.5, 0.6) is 34.9 Å². The highest BCUT2D eigenvalue weighted by molar-refractivity contribution is 5.86. The van der Waals surface area contributed by atoms with E-state index in [9.17, 15) is 10.2 Å². The van der Waals surface area contributed by atoms with Gasteiger partial charge in [-0.1, -0.05) is 24.3 Å². The second-order valence-corrected chi connectivity index (χ2v) is 6.77. The van der Waals surface area contributed by atoms with Crippen LogP contribution in [0.2, 0.25) is 0 Å². The topological polar surface area (TPSA) is 84.7 Å². The van der Waals surface area contributed by atoms with E-state index in [4.69, 9.17) is 9.47 Å². The predicted molar refractivity (Wildman–Crippen MR) is 113 cm³/mol. The number of rotatable bonds is 4. The summed E-state index contributed by atoms with van der Waals surface area (Å²) in [6.45, 7) is 0. The molecule has 0 aliphatic rings. The second kappa shape index (κ2) is 7.25. The Morgan fingerprint density at radius 3 is 1.73 bits per heavy atom. The van der Waals surface area contributed by atoms with Gasteiger partial charge in [0.1, 0.15) is 23.0 Å². The van der Waals surface area contributed by atoms with E-state index in [1.54, 1.807) is 42.6 Å². The first kappa shape index (κ1) is 17.8. The van der Waals surface area contributed by atoms with Crippen molar-refractivity contribution in [3.05, 3.63) is 85.1 Å². The summed E-state index contributed by atoms with van der Waals surface area (Å²) >= 11 is 0. The van der Waals surface area contributed by atoms with Crippen LogP contribution in [0, 0.1) is 0 Å². The molecule has 4 aromatic carbocycles. The zero-order valence-corrected chi connectivity index (χ0v) is 15.7. The Morgan fingerprint density at radius 1 is 0.567 bits per heavy atom. The van der Waals surface area contributed by atoms with Gasteiger partial charge in [0.15, 0.2) is 0 Å². The summed E-state index contributed by atoms with van der Waals surface area (Å²) in [6.07, 6.45) is 1.57. The van der Waals surface area contributed by atoms with E-state index < -0.39 is 0 Å². The van der Waals surface area contributed by atoms with Gasteiger partial charge < -0.3 is 19.7 Å². The lowest BCUT2D eigenvalue weighted by atomic mass is 10.1. The fourth-order valence-corrected chi connectivity index (χ4v) is 3.21. The van der Waals surface area contributed by atoms with Crippen LogP contribution in [0.15, 0.2) is 85.1 Å². The Bertz CT molecular complexity index is 1280. The fraction of sp³-hybridized carbons (Fsp3) is 0. The Balaban J connectivity index is 1.37. The van der Waals surface area contributed by atoms with Crippen molar-refractivity contribution in [3.8, 4) is 34.9 Å². The smallest absolute Gasteiger partial charge is 0.325 e. The van der Waals surface area contributed by atoms with Gasteiger partial charge in [0.25, 0.3) is 0 Å². The molecule has 0 amide bonds. The summed E-state index contributed by atoms with van der Waals surface area (Å²) in [6, 6.07) is 23.1. The van der Waals surface area contributed by atoms with E-state index in [1.807, 2.05) is 42.5 Å². The molecule has 146 valence electrons. The lowest BCUT2D eigenvalue weighted by Crippen LogP contribution is -1.94. The van der Waals surface area contributed by atoms with Gasteiger partial charge in [0.2, 0.25) is 5.88 Å². The van der Waals surface area contributed by atoms with Gasteiger partial charge >= 0.3 is 6.01 Å². The van der Waals surface area contributed by atoms with E-state index >= 15 is 0 Å². The minimum Gasteiger partial charge on any atom is -0.508 e. The fourth-order valence-electron chi connectivity index (χ4n) is 3.21. The van der Waals surface area contributed by atoms with E-state index in [-0.39, 0.29) is 17.5 Å². The first-order chi connectivity index (χ1) is 14.6. The molecule has 2 N–H and O–H groups in total. The molecule has 0 aliphatic carbocycles. The lowest BCUT2D eigenvalue weighted by molar-refractivity contribution is 0.412. The minimum atomic E-state index is 0.163. The maximum Gasteiger partial charge on any atom is 0.325 e. The van der Waals surface area contributed by atoms with Crippen molar-refractivity contribution in [2.45, 2.75) is 0 Å². The Hall–Kier alpha value is -4.32. The van der Waals surface area contributed by atoms with Gasteiger partial charge in [-0.05, 0) is 70.1 Å². The van der Waals surface area contributed by atoms with Crippen LogP contribution in [0.4, 0.5) is 0 Å². The number of phenols is 2. The van der Waals surface area contributed by atoms with Crippen molar-refractivity contribution in [2.75, 3.05) is 0 Å². The standard InChI is InChI=1S/C24H16N2O4/c27-19-5-1-17-13-21(7-3-15(17)11-19)29-23-9-10-25-24(26-23)30-22-8-4-16-12-20(28)6-2-18(16)14-22/h1-14,27-28H. The van der Waals surface area contributed by atoms with E-state index in [1.165, 1.54) is 0 Å². The molecule has 0 spiro atoms. The highest BCUT2D eigenvalue weighted by Crippen LogP contribution is 2.29. The summed E-state index contributed by atoms with van der Waals surface area (Å²) in [7, 11) is 0. The van der Waals surface area contributed by atoms with Crippen LogP contribution in [0.25, 0.3) is 21.5 Å². The highest BCUT2D eigenvalue weighted by Gasteiger charge is 2.07. The minimum absolute atomic E-state index is 0.163. The lowest BCUT2D eigenvalue weighted by Gasteiger charge is -2.09. The normalized spacial score (nSPS) is 10.9. The number of phenolic OH excluding ortho intramolecular Hbond substituents is 2. The molecular formula is C24H16N2O4. The van der Waals surface area contributed by atoms with E-state index in [2.05, 4.69) is 9.97 Å². The molecule has 0 bridgehead atoms. The molecule has 1 heterocycles. The van der Waals surface area contributed by atoms with Crippen molar-refractivity contribution in [2.24, 2.45) is 0 Å². The largest absolute Gasteiger partial charge is 0.508 e. The monoisotopic (exact) mass is 396 g/mol. The predicted octanol–water partition coefficient (Wildman–Crippen LogP) is 5.78. The molecule has 30 heavy (non-hydrogen) atoms. The number of fused-ring (bicyclic) bond motifs is 2. The van der Waals surface area contributed by atoms with Gasteiger partial charge in [-0.3, -0.25) is 0 Å². The Morgan fingerprint density at radius 2 is 1.10 bits per heavy atom. The zero-order valence-electron chi connectivity index (χ0n) is 15.7. The molecule has 5 aromatic rings. The third-order valence-electron chi connectivity index (χ3n) is 4.63. The molecule has 6 heteroatoms. The van der Waals surface area contributed by atoms with Crippen molar-refractivity contribution in [3.63, 3.8) is 0 Å². The van der Waals surface area contributed by atoms with Gasteiger partial charge in [-0.15, -0.1) is 0 Å². The zero-order chi connectivity index (χ0) is 20.5. The van der Waals surface area contributed by atoms with Crippen LogP contribution >= 0.6 is 0 Å². The molecule has 5 rings (SSSR count). The molecule has 0 atom stereocenters. The third-order valence-corrected chi connectivity index (χ3v) is 4.63. The summed E-state index contributed by atoms with van der Waals surface area (Å²) in [4.78, 5) is 8.47. The van der Waals surface area contributed by atoms with Crippen molar-refractivity contribution in [1.29, 1.82) is 0 Å². The van der Waals surface area contributed by atoms with E-state index in [0.29, 0.717) is 17.4 Å². The SMILES string of the molecule is Oc1ccc2cc(Oc3ccnc(Oc4ccc5cc(O)ccc5c4)n3)ccc2c1. The van der Waals surface area contributed by atoms with Crippen LogP contribution in [0.1, 0.15) is 0 Å². The van der Waals surface area contributed by atoms with Crippen LogP contribution in [-0.2, 0) is 0 Å². The molecule has 6 nitrogen and oxygen atoms in total. The first-order valence-corrected chi connectivity index (χ1v) is 9.27. The van der Waals surface area contributed by atoms with Gasteiger partial charge in [0, 0.05) is 12.3 Å². The van der Waals surface area contributed by atoms with Crippen LogP contribution in [-0.4, -0.2) is 20.2 Å². The molecule has 0 fully saturated rings. The molecule has 0 saturated carbocycles. The van der Waals surface area contributed by atoms with Gasteiger partial charge in [-0.25, -0.2) is 4.98 Å². The molecule has 0 aliphatic heterocycles. The molecule has 1 aromatic heterocycles. The van der Waals surface area contributed by atoms with Crippen molar-refractivity contribution >= 4 is 21.5 Å². The maximum absolute atomic E-state index is 9.58. The van der Waals surface area contributed by atoms with Crippen molar-refractivity contribution in [1.82, 2.24) is 9.97 Å². The molecular weight excluding hydrogens is 380 g/mol. The number of hydrogen-bond acceptors (Lipinski definition) is 6. The number of nitrogens with zero attached hydrogens (tertiary/aromatic N) is 2. The summed E-state index contributed by atoms with van der Waals surface area (Å²) in [5.41, 5.74) is 0. The van der Waals surface area contributed by atoms with Gasteiger partial charge in [0.05, 0.1) is 0 Å². The number of aromatic nitrogens is 2. The van der Waals surface area contributed by atoms with Gasteiger partial charge in [-0.2, -0.15) is 4.98 Å². The summed E-state index contributed by atoms with van der Waals surface area (Å²) in [5, 5.41) is 22.9. The molecule has 0 saturated heterocycles. The molecule has 0 radical (unpaired) electrons. The maximum atomic E-state index is 9.58. The van der Waals surface area contributed by atoms with Crippen molar-refractivity contribution < 1.29 is 19.7 Å². The number of benzene rings is 4. The highest BCUT2D eigenvalue weighted by atomic mass is 16.5. The molecule has 0 unspecified atom stereocenters. The Labute approximate surface area is 171 Å².